The summed E-state index contributed by atoms with van der Waals surface area (Å²) in [4.78, 5) is 20.9. The van der Waals surface area contributed by atoms with Crippen LogP contribution in [0.4, 0.5) is 11.5 Å². The number of nitrogens with zero attached hydrogens (tertiary/aromatic N) is 3. The van der Waals surface area contributed by atoms with Crippen LogP contribution >= 0.6 is 11.6 Å². The zero-order valence-electron chi connectivity index (χ0n) is 14.4. The number of nitro groups is 1. The summed E-state index contributed by atoms with van der Waals surface area (Å²) in [7, 11) is 0. The number of aromatic nitrogens is 2. The van der Waals surface area contributed by atoms with Gasteiger partial charge >= 0.3 is 0 Å². The lowest BCUT2D eigenvalue weighted by molar-refractivity contribution is -0.384. The van der Waals surface area contributed by atoms with Crippen molar-refractivity contribution in [3.05, 3.63) is 63.7 Å². The van der Waals surface area contributed by atoms with Crippen molar-refractivity contribution in [1.82, 2.24) is 9.97 Å². The van der Waals surface area contributed by atoms with E-state index in [4.69, 9.17) is 21.3 Å². The Morgan fingerprint density at radius 1 is 1.04 bits per heavy atom. The van der Waals surface area contributed by atoms with Crippen LogP contribution < -0.4 is 4.90 Å². The average Bonchev–Trinajstić information content (AvgIpc) is 3.15. The highest BCUT2D eigenvalue weighted by Crippen LogP contribution is 2.33. The number of rotatable bonds is 4. The van der Waals surface area contributed by atoms with Gasteiger partial charge in [0.25, 0.3) is 5.69 Å². The first kappa shape index (κ1) is 17.5. The third kappa shape index (κ3) is 3.65. The predicted octanol–water partition coefficient (Wildman–Crippen LogP) is 4.14. The van der Waals surface area contributed by atoms with E-state index in [-0.39, 0.29) is 5.69 Å². The fourth-order valence-electron chi connectivity index (χ4n) is 3.06. The van der Waals surface area contributed by atoms with Gasteiger partial charge in [0.05, 0.1) is 23.8 Å². The first-order chi connectivity index (χ1) is 13.1. The van der Waals surface area contributed by atoms with Gasteiger partial charge in [0.1, 0.15) is 5.82 Å². The van der Waals surface area contributed by atoms with Crippen molar-refractivity contribution in [2.75, 3.05) is 31.2 Å². The van der Waals surface area contributed by atoms with E-state index in [9.17, 15) is 10.1 Å². The Labute approximate surface area is 160 Å². The van der Waals surface area contributed by atoms with Crippen molar-refractivity contribution in [2.45, 2.75) is 0 Å². The lowest BCUT2D eigenvalue weighted by atomic mass is 10.1. The second kappa shape index (κ2) is 7.38. The van der Waals surface area contributed by atoms with Crippen molar-refractivity contribution in [3.63, 3.8) is 0 Å². The Bertz CT molecular complexity index is 948. The van der Waals surface area contributed by atoms with Crippen LogP contribution in [-0.4, -0.2) is 41.2 Å². The molecule has 1 aliphatic rings. The van der Waals surface area contributed by atoms with Crippen molar-refractivity contribution in [3.8, 4) is 22.6 Å². The molecule has 1 N–H and O–H groups in total. The minimum Gasteiger partial charge on any atom is -0.378 e. The zero-order chi connectivity index (χ0) is 18.8. The highest BCUT2D eigenvalue weighted by Gasteiger charge is 2.21. The molecule has 1 saturated heterocycles. The van der Waals surface area contributed by atoms with Crippen LogP contribution in [0.5, 0.6) is 0 Å². The molecule has 3 aromatic rings. The van der Waals surface area contributed by atoms with Gasteiger partial charge in [-0.15, -0.1) is 0 Å². The predicted molar refractivity (Wildman–Crippen MR) is 104 cm³/mol. The van der Waals surface area contributed by atoms with Crippen LogP contribution in [0.2, 0.25) is 5.02 Å². The van der Waals surface area contributed by atoms with Crippen molar-refractivity contribution in [1.29, 1.82) is 0 Å². The fourth-order valence-corrected chi connectivity index (χ4v) is 3.19. The molecule has 0 radical (unpaired) electrons. The summed E-state index contributed by atoms with van der Waals surface area (Å²) in [6, 6.07) is 13.9. The van der Waals surface area contributed by atoms with E-state index >= 15 is 0 Å². The molecule has 2 aromatic carbocycles. The van der Waals surface area contributed by atoms with Crippen LogP contribution in [0.3, 0.4) is 0 Å². The molecule has 7 nitrogen and oxygen atoms in total. The molecular formula is C19H17ClN4O3. The number of non-ortho nitro benzene ring substituents is 1. The fraction of sp³-hybridized carbons (Fsp3) is 0.211. The number of anilines is 1. The quantitative estimate of drug-likeness (QED) is 0.539. The van der Waals surface area contributed by atoms with Crippen LogP contribution in [-0.2, 0) is 4.74 Å². The largest absolute Gasteiger partial charge is 0.378 e. The second-order valence-electron chi connectivity index (χ2n) is 6.19. The molecule has 27 heavy (non-hydrogen) atoms. The average molecular weight is 385 g/mol. The maximum atomic E-state index is 10.9. The number of imidazole rings is 1. The second-order valence-corrected chi connectivity index (χ2v) is 6.63. The van der Waals surface area contributed by atoms with Gasteiger partial charge in [0, 0.05) is 41.4 Å². The molecule has 1 fully saturated rings. The van der Waals surface area contributed by atoms with E-state index in [1.54, 1.807) is 12.1 Å². The summed E-state index contributed by atoms with van der Waals surface area (Å²) in [5.41, 5.74) is 2.65. The standard InChI is InChI=1S/C19H17ClN4O3/c20-15-5-1-14(2-6-15)18-21-17(13-3-7-16(8-4-13)24(25)26)19(22-18)23-9-11-27-12-10-23/h1-8H,9-12H2,(H,21,22). The van der Waals surface area contributed by atoms with Gasteiger partial charge in [-0.25, -0.2) is 4.98 Å². The summed E-state index contributed by atoms with van der Waals surface area (Å²) >= 11 is 5.99. The maximum Gasteiger partial charge on any atom is 0.269 e. The molecule has 1 aromatic heterocycles. The minimum atomic E-state index is -0.404. The summed E-state index contributed by atoms with van der Waals surface area (Å²) in [6.45, 7) is 2.77. The lowest BCUT2D eigenvalue weighted by Gasteiger charge is -2.27. The molecule has 0 unspecified atom stereocenters. The van der Waals surface area contributed by atoms with E-state index in [0.29, 0.717) is 18.2 Å². The molecule has 8 heteroatoms. The monoisotopic (exact) mass is 384 g/mol. The van der Waals surface area contributed by atoms with Gasteiger partial charge in [0.2, 0.25) is 0 Å². The van der Waals surface area contributed by atoms with Crippen molar-refractivity contribution < 1.29 is 9.66 Å². The normalized spacial score (nSPS) is 14.3. The van der Waals surface area contributed by atoms with Crippen LogP contribution in [0, 0.1) is 10.1 Å². The third-order valence-electron chi connectivity index (χ3n) is 4.48. The molecule has 0 saturated carbocycles. The topological polar surface area (TPSA) is 84.3 Å². The minimum absolute atomic E-state index is 0.0594. The van der Waals surface area contributed by atoms with Gasteiger partial charge < -0.3 is 14.6 Å². The Morgan fingerprint density at radius 3 is 2.30 bits per heavy atom. The smallest absolute Gasteiger partial charge is 0.269 e. The first-order valence-electron chi connectivity index (χ1n) is 8.55. The molecule has 0 amide bonds. The third-order valence-corrected chi connectivity index (χ3v) is 4.73. The summed E-state index contributed by atoms with van der Waals surface area (Å²) in [5.74, 6) is 1.54. The summed E-state index contributed by atoms with van der Waals surface area (Å²) < 4.78 is 5.44. The Morgan fingerprint density at radius 2 is 1.67 bits per heavy atom. The maximum absolute atomic E-state index is 10.9. The molecule has 2 heterocycles. The van der Waals surface area contributed by atoms with E-state index in [1.807, 2.05) is 24.3 Å². The number of aromatic amines is 1. The zero-order valence-corrected chi connectivity index (χ0v) is 15.1. The van der Waals surface area contributed by atoms with Gasteiger partial charge in [0.15, 0.2) is 5.82 Å². The van der Waals surface area contributed by atoms with Gasteiger partial charge in [-0.3, -0.25) is 10.1 Å². The highest BCUT2D eigenvalue weighted by atomic mass is 35.5. The molecule has 0 atom stereocenters. The van der Waals surface area contributed by atoms with Crippen LogP contribution in [0.25, 0.3) is 22.6 Å². The first-order valence-corrected chi connectivity index (χ1v) is 8.93. The number of benzene rings is 2. The summed E-state index contributed by atoms with van der Waals surface area (Å²) in [6.07, 6.45) is 0. The van der Waals surface area contributed by atoms with Gasteiger partial charge in [-0.1, -0.05) is 11.6 Å². The van der Waals surface area contributed by atoms with E-state index in [0.717, 1.165) is 41.6 Å². The number of H-pyrrole nitrogens is 1. The number of nitrogens with one attached hydrogen (secondary N) is 1. The Kier molecular flexibility index (Phi) is 4.79. The Balaban J connectivity index is 1.77. The molecule has 4 rings (SSSR count). The SMILES string of the molecule is O=[N+]([O-])c1ccc(-c2[nH]c(-c3ccc(Cl)cc3)nc2N2CCOCC2)cc1. The van der Waals surface area contributed by atoms with Crippen molar-refractivity contribution >= 4 is 23.1 Å². The number of nitro benzene ring substituents is 1. The number of hydrogen-bond donors (Lipinski definition) is 1. The van der Waals surface area contributed by atoms with Gasteiger partial charge in [-0.2, -0.15) is 0 Å². The molecule has 0 bridgehead atoms. The Hall–Kier alpha value is -2.90. The number of halogens is 1. The van der Waals surface area contributed by atoms with Gasteiger partial charge in [-0.05, 0) is 36.4 Å². The molecular weight excluding hydrogens is 368 g/mol. The molecule has 1 aliphatic heterocycles. The van der Waals surface area contributed by atoms with E-state index < -0.39 is 4.92 Å². The van der Waals surface area contributed by atoms with Crippen LogP contribution in [0.15, 0.2) is 48.5 Å². The van der Waals surface area contributed by atoms with Crippen LogP contribution in [0.1, 0.15) is 0 Å². The molecule has 138 valence electrons. The highest BCUT2D eigenvalue weighted by molar-refractivity contribution is 6.30. The van der Waals surface area contributed by atoms with E-state index in [2.05, 4.69) is 9.88 Å². The lowest BCUT2D eigenvalue weighted by Crippen LogP contribution is -2.36. The number of morpholine rings is 1. The van der Waals surface area contributed by atoms with E-state index in [1.165, 1.54) is 12.1 Å². The molecule has 0 aliphatic carbocycles. The summed E-state index contributed by atoms with van der Waals surface area (Å²) in [5, 5.41) is 11.6. The molecule has 0 spiro atoms. The number of ether oxygens (including phenoxy) is 1. The van der Waals surface area contributed by atoms with Crippen molar-refractivity contribution in [2.24, 2.45) is 0 Å². The number of hydrogen-bond acceptors (Lipinski definition) is 5.